The highest BCUT2D eigenvalue weighted by Gasteiger charge is 2.21. The van der Waals surface area contributed by atoms with Crippen molar-refractivity contribution >= 4 is 45.3 Å². The van der Waals surface area contributed by atoms with Crippen molar-refractivity contribution in [1.29, 1.82) is 0 Å². The number of allylic oxidation sites excluding steroid dienone is 4. The van der Waals surface area contributed by atoms with E-state index in [1.807, 2.05) is 24.3 Å². The topological polar surface area (TPSA) is 126 Å². The number of Topliss-reactive ketones (excluding diaryl/α,β-unsaturated/α-hetero) is 1. The van der Waals surface area contributed by atoms with Gasteiger partial charge in [0.25, 0.3) is 0 Å². The van der Waals surface area contributed by atoms with Gasteiger partial charge in [-0.05, 0) is 73.5 Å². The zero-order valence-corrected chi connectivity index (χ0v) is 24.6. The number of anilines is 2. The van der Waals surface area contributed by atoms with E-state index in [1.165, 1.54) is 24.6 Å². The molecule has 0 radical (unpaired) electrons. The number of benzene rings is 3. The predicted molar refractivity (Wildman–Crippen MR) is 166 cm³/mol. The number of carbonyl (C=O) groups is 3. The zero-order valence-electron chi connectivity index (χ0n) is 24.6. The van der Waals surface area contributed by atoms with Gasteiger partial charge in [0, 0.05) is 41.8 Å². The maximum atomic E-state index is 12.9. The second kappa shape index (κ2) is 13.7. The molecule has 1 aromatic heterocycles. The van der Waals surface area contributed by atoms with Crippen LogP contribution >= 0.6 is 0 Å². The fourth-order valence-corrected chi connectivity index (χ4v) is 4.62. The Hall–Kier alpha value is -5.35. The number of hydrogen-bond acceptors (Lipinski definition) is 10. The van der Waals surface area contributed by atoms with Gasteiger partial charge in [-0.3, -0.25) is 9.59 Å². The lowest BCUT2D eigenvalue weighted by Crippen LogP contribution is -2.09. The number of carbonyl (C=O) groups excluding carboxylic acids is 3. The molecule has 5 rings (SSSR count). The molecule has 0 atom stereocenters. The number of nitrogens with zero attached hydrogens (tertiary/aromatic N) is 2. The Morgan fingerprint density at radius 3 is 2.43 bits per heavy atom. The van der Waals surface area contributed by atoms with Crippen molar-refractivity contribution in [1.82, 2.24) is 9.97 Å². The Morgan fingerprint density at radius 1 is 0.886 bits per heavy atom. The third-order valence-corrected chi connectivity index (χ3v) is 6.88. The summed E-state index contributed by atoms with van der Waals surface area (Å²) in [7, 11) is 3.14. The van der Waals surface area contributed by atoms with E-state index in [-0.39, 0.29) is 22.9 Å². The van der Waals surface area contributed by atoms with E-state index < -0.39 is 0 Å². The van der Waals surface area contributed by atoms with Crippen LogP contribution in [0.25, 0.3) is 16.5 Å². The van der Waals surface area contributed by atoms with Gasteiger partial charge in [0.05, 0.1) is 19.2 Å². The summed E-state index contributed by atoms with van der Waals surface area (Å²) in [4.78, 5) is 45.4. The van der Waals surface area contributed by atoms with Gasteiger partial charge in [-0.2, -0.15) is 0 Å². The molecule has 1 aliphatic rings. The third-order valence-electron chi connectivity index (χ3n) is 6.88. The van der Waals surface area contributed by atoms with Gasteiger partial charge < -0.3 is 29.1 Å². The molecule has 0 amide bonds. The molecule has 224 valence electrons. The fourth-order valence-electron chi connectivity index (χ4n) is 4.62. The van der Waals surface area contributed by atoms with Crippen molar-refractivity contribution in [3.63, 3.8) is 0 Å². The molecule has 0 bridgehead atoms. The number of methoxy groups -OCH3 is 2. The normalized spacial score (nSPS) is 12.7. The molecule has 1 N–H and O–H groups in total. The monoisotopic (exact) mass is 593 g/mol. The number of aromatic nitrogens is 2. The predicted octanol–water partition coefficient (Wildman–Crippen LogP) is 5.81. The van der Waals surface area contributed by atoms with Crippen molar-refractivity contribution in [2.24, 2.45) is 0 Å². The average Bonchev–Trinajstić information content (AvgIpc) is 3.02. The van der Waals surface area contributed by atoms with Crippen LogP contribution in [0.1, 0.15) is 24.5 Å². The van der Waals surface area contributed by atoms with Gasteiger partial charge in [-0.1, -0.05) is 12.1 Å². The number of rotatable bonds is 13. The van der Waals surface area contributed by atoms with Crippen LogP contribution in [-0.4, -0.2) is 54.8 Å². The average molecular weight is 594 g/mol. The Bertz CT molecular complexity index is 1780. The minimum Gasteiger partial charge on any atom is -0.493 e. The SMILES string of the molecule is COCCOc1cc2ncnc(Nc3ccc(Oc4ccc(CCC(C)=O)cc4)cc3C3=CC(=O)C=CC3=O)c2cc1OC. The Kier molecular flexibility index (Phi) is 9.41. The maximum Gasteiger partial charge on any atom is 0.186 e. The minimum atomic E-state index is -0.313. The van der Waals surface area contributed by atoms with Gasteiger partial charge in [-0.25, -0.2) is 9.97 Å². The number of ether oxygens (including phenoxy) is 4. The lowest BCUT2D eigenvalue weighted by atomic mass is 9.94. The van der Waals surface area contributed by atoms with Gasteiger partial charge >= 0.3 is 0 Å². The van der Waals surface area contributed by atoms with E-state index in [0.717, 1.165) is 5.56 Å². The highest BCUT2D eigenvalue weighted by atomic mass is 16.5. The number of fused-ring (bicyclic) bond motifs is 1. The van der Waals surface area contributed by atoms with Gasteiger partial charge in [-0.15, -0.1) is 0 Å². The summed E-state index contributed by atoms with van der Waals surface area (Å²) < 4.78 is 22.5. The molecule has 4 aromatic rings. The second-order valence-corrected chi connectivity index (χ2v) is 10.0. The molecule has 0 spiro atoms. The zero-order chi connectivity index (χ0) is 31.1. The van der Waals surface area contributed by atoms with E-state index in [0.29, 0.717) is 77.0 Å². The maximum absolute atomic E-state index is 12.9. The summed E-state index contributed by atoms with van der Waals surface area (Å²) in [5, 5.41) is 3.97. The van der Waals surface area contributed by atoms with Crippen LogP contribution in [0.15, 0.2) is 79.2 Å². The summed E-state index contributed by atoms with van der Waals surface area (Å²) in [5.41, 5.74) is 2.84. The highest BCUT2D eigenvalue weighted by molar-refractivity contribution is 6.34. The number of hydrogen-bond donors (Lipinski definition) is 1. The first kappa shape index (κ1) is 30.1. The summed E-state index contributed by atoms with van der Waals surface area (Å²) in [6, 6.07) is 16.2. The molecule has 0 aliphatic heterocycles. The standard InChI is InChI=1S/C34H31N3O7/c1-21(38)4-5-22-6-9-24(10-7-22)44-25-11-12-29(26(17-25)27-16-23(39)8-13-31(27)40)37-34-28-18-32(42-3)33(43-15-14-41-2)19-30(28)35-20-36-34/h6-13,16-20H,4-5,14-15H2,1-3H3,(H,35,36,37). The number of ketones is 3. The van der Waals surface area contributed by atoms with Crippen LogP contribution in [0.4, 0.5) is 11.5 Å². The van der Waals surface area contributed by atoms with Crippen LogP contribution in [0, 0.1) is 0 Å². The summed E-state index contributed by atoms with van der Waals surface area (Å²) in [6.45, 7) is 2.33. The molecule has 1 aliphatic carbocycles. The smallest absolute Gasteiger partial charge is 0.186 e. The van der Waals surface area contributed by atoms with Crippen LogP contribution < -0.4 is 19.5 Å². The molecular weight excluding hydrogens is 562 g/mol. The van der Waals surface area contributed by atoms with Gasteiger partial charge in [0.15, 0.2) is 23.1 Å². The van der Waals surface area contributed by atoms with Gasteiger partial charge in [0.1, 0.15) is 36.0 Å². The molecule has 0 fully saturated rings. The van der Waals surface area contributed by atoms with Crippen molar-refractivity contribution in [3.8, 4) is 23.0 Å². The second-order valence-electron chi connectivity index (χ2n) is 10.0. The van der Waals surface area contributed by atoms with E-state index in [9.17, 15) is 14.4 Å². The molecule has 10 nitrogen and oxygen atoms in total. The Morgan fingerprint density at radius 2 is 1.68 bits per heavy atom. The van der Waals surface area contributed by atoms with Gasteiger partial charge in [0.2, 0.25) is 0 Å². The quantitative estimate of drug-likeness (QED) is 0.150. The lowest BCUT2D eigenvalue weighted by Gasteiger charge is -2.18. The molecule has 0 saturated carbocycles. The number of aryl methyl sites for hydroxylation is 1. The highest BCUT2D eigenvalue weighted by Crippen LogP contribution is 2.38. The molecule has 1 heterocycles. The molecule has 3 aromatic carbocycles. The molecule has 0 saturated heterocycles. The Balaban J connectivity index is 1.49. The van der Waals surface area contributed by atoms with Crippen molar-refractivity contribution in [2.45, 2.75) is 19.8 Å². The largest absolute Gasteiger partial charge is 0.493 e. The molecule has 44 heavy (non-hydrogen) atoms. The van der Waals surface area contributed by atoms with E-state index >= 15 is 0 Å². The van der Waals surface area contributed by atoms with E-state index in [4.69, 9.17) is 18.9 Å². The third kappa shape index (κ3) is 7.16. The van der Waals surface area contributed by atoms with Crippen LogP contribution in [0.5, 0.6) is 23.0 Å². The first-order chi connectivity index (χ1) is 21.3. The summed E-state index contributed by atoms with van der Waals surface area (Å²) in [6.07, 6.45) is 6.36. The van der Waals surface area contributed by atoms with Crippen LogP contribution in [0.3, 0.4) is 0 Å². The van der Waals surface area contributed by atoms with Crippen LogP contribution in [-0.2, 0) is 25.5 Å². The first-order valence-corrected chi connectivity index (χ1v) is 13.9. The van der Waals surface area contributed by atoms with Crippen molar-refractivity contribution < 1.29 is 33.3 Å². The lowest BCUT2D eigenvalue weighted by molar-refractivity contribution is -0.117. The fraction of sp³-hybridized carbons (Fsp3) is 0.206. The summed E-state index contributed by atoms with van der Waals surface area (Å²) in [5.74, 6) is 2.03. The minimum absolute atomic E-state index is 0.136. The number of nitrogens with one attached hydrogen (secondary N) is 1. The van der Waals surface area contributed by atoms with E-state index in [2.05, 4.69) is 15.3 Å². The molecule has 10 heteroatoms. The van der Waals surface area contributed by atoms with E-state index in [1.54, 1.807) is 51.5 Å². The molecular formula is C34H31N3O7. The summed E-state index contributed by atoms with van der Waals surface area (Å²) >= 11 is 0. The van der Waals surface area contributed by atoms with Crippen molar-refractivity contribution in [2.75, 3.05) is 32.8 Å². The first-order valence-electron chi connectivity index (χ1n) is 13.9. The van der Waals surface area contributed by atoms with Crippen LogP contribution in [0.2, 0.25) is 0 Å². The molecule has 0 unspecified atom stereocenters. The van der Waals surface area contributed by atoms with Crippen molar-refractivity contribution in [3.05, 3.63) is 90.3 Å². The Labute approximate surface area is 254 Å².